The maximum Gasteiger partial charge on any atom is 0.191 e. The second-order valence-corrected chi connectivity index (χ2v) is 6.16. The minimum atomic E-state index is -2.96. The molecular formula is C8H17N5O2S. The fourth-order valence-electron chi connectivity index (χ4n) is 1.40. The molecule has 1 aromatic heterocycles. The third kappa shape index (κ3) is 3.86. The van der Waals surface area contributed by atoms with Gasteiger partial charge < -0.3 is 5.32 Å². The van der Waals surface area contributed by atoms with E-state index in [1.807, 2.05) is 13.8 Å². The van der Waals surface area contributed by atoms with E-state index in [4.69, 9.17) is 0 Å². The summed E-state index contributed by atoms with van der Waals surface area (Å²) in [7, 11) is -2.96. The Hall–Kier alpha value is -1.02. The van der Waals surface area contributed by atoms with Crippen LogP contribution in [0.1, 0.15) is 32.6 Å². The number of aromatic amines is 1. The van der Waals surface area contributed by atoms with E-state index in [0.29, 0.717) is 5.82 Å². The van der Waals surface area contributed by atoms with Crippen molar-refractivity contribution in [1.29, 1.82) is 0 Å². The zero-order chi connectivity index (χ0) is 12.2. The Morgan fingerprint density at radius 1 is 1.44 bits per heavy atom. The molecule has 0 aliphatic rings. The van der Waals surface area contributed by atoms with Crippen LogP contribution < -0.4 is 5.32 Å². The van der Waals surface area contributed by atoms with Crippen molar-refractivity contribution in [2.45, 2.75) is 32.9 Å². The molecule has 92 valence electrons. The van der Waals surface area contributed by atoms with Crippen LogP contribution in [0, 0.1) is 0 Å². The highest BCUT2D eigenvalue weighted by Gasteiger charge is 2.17. The molecule has 2 N–H and O–H groups in total. The molecule has 2 atom stereocenters. The largest absolute Gasteiger partial charge is 0.304 e. The molecule has 0 saturated heterocycles. The number of sulfone groups is 1. The van der Waals surface area contributed by atoms with Gasteiger partial charge in [-0.1, -0.05) is 12.1 Å². The molecule has 1 aromatic rings. The second kappa shape index (κ2) is 5.35. The molecule has 7 nitrogen and oxygen atoms in total. The minimum Gasteiger partial charge on any atom is -0.304 e. The summed E-state index contributed by atoms with van der Waals surface area (Å²) in [5.74, 6) is 0.808. The zero-order valence-corrected chi connectivity index (χ0v) is 10.5. The van der Waals surface area contributed by atoms with E-state index in [9.17, 15) is 8.42 Å². The van der Waals surface area contributed by atoms with Crippen LogP contribution in [-0.4, -0.2) is 46.6 Å². The summed E-state index contributed by atoms with van der Waals surface area (Å²) in [5, 5.41) is 16.6. The summed E-state index contributed by atoms with van der Waals surface area (Å²) in [6.07, 6.45) is 0. The van der Waals surface area contributed by atoms with E-state index >= 15 is 0 Å². The molecular weight excluding hydrogens is 230 g/mol. The first-order valence-corrected chi connectivity index (χ1v) is 6.96. The third-order valence-electron chi connectivity index (χ3n) is 2.23. The molecule has 16 heavy (non-hydrogen) atoms. The van der Waals surface area contributed by atoms with Crippen molar-refractivity contribution in [3.8, 4) is 0 Å². The van der Waals surface area contributed by atoms with Crippen molar-refractivity contribution in [3.63, 3.8) is 0 Å². The summed E-state index contributed by atoms with van der Waals surface area (Å²) in [5.41, 5.74) is 0. The highest BCUT2D eigenvalue weighted by molar-refractivity contribution is 7.91. The topological polar surface area (TPSA) is 101 Å². The van der Waals surface area contributed by atoms with Gasteiger partial charge in [-0.25, -0.2) is 8.42 Å². The van der Waals surface area contributed by atoms with Crippen LogP contribution >= 0.6 is 0 Å². The summed E-state index contributed by atoms with van der Waals surface area (Å²) in [4.78, 5) is 0. The Bertz CT molecular complexity index is 402. The Balaban J connectivity index is 2.49. The van der Waals surface area contributed by atoms with Crippen molar-refractivity contribution in [3.05, 3.63) is 5.82 Å². The van der Waals surface area contributed by atoms with E-state index < -0.39 is 9.84 Å². The normalized spacial score (nSPS) is 15.9. The molecule has 0 spiro atoms. The summed E-state index contributed by atoms with van der Waals surface area (Å²) >= 11 is 0. The first-order valence-electron chi connectivity index (χ1n) is 5.14. The number of aromatic nitrogens is 4. The predicted octanol–water partition coefficient (Wildman–Crippen LogP) is -0.326. The lowest BCUT2D eigenvalue weighted by molar-refractivity contribution is 0.483. The fraction of sp³-hybridized carbons (Fsp3) is 0.875. The molecule has 2 unspecified atom stereocenters. The second-order valence-electron chi connectivity index (χ2n) is 3.76. The molecule has 8 heteroatoms. The Kier molecular flexibility index (Phi) is 4.36. The molecule has 0 aliphatic heterocycles. The van der Waals surface area contributed by atoms with Crippen LogP contribution in [0.3, 0.4) is 0 Å². The number of nitrogens with one attached hydrogen (secondary N) is 2. The van der Waals surface area contributed by atoms with Crippen LogP contribution in [0.5, 0.6) is 0 Å². The van der Waals surface area contributed by atoms with Crippen molar-refractivity contribution in [1.82, 2.24) is 25.9 Å². The highest BCUT2D eigenvalue weighted by Crippen LogP contribution is 2.06. The van der Waals surface area contributed by atoms with Gasteiger partial charge in [0.1, 0.15) is 0 Å². The fourth-order valence-corrected chi connectivity index (χ4v) is 2.49. The van der Waals surface area contributed by atoms with Gasteiger partial charge in [0.25, 0.3) is 0 Å². The van der Waals surface area contributed by atoms with Gasteiger partial charge >= 0.3 is 0 Å². The number of tetrazole rings is 1. The van der Waals surface area contributed by atoms with E-state index in [1.165, 1.54) is 0 Å². The average Bonchev–Trinajstić information content (AvgIpc) is 2.69. The Morgan fingerprint density at radius 2 is 2.12 bits per heavy atom. The van der Waals surface area contributed by atoms with Crippen molar-refractivity contribution < 1.29 is 8.42 Å². The van der Waals surface area contributed by atoms with E-state index in [-0.39, 0.29) is 23.6 Å². The Morgan fingerprint density at radius 3 is 2.62 bits per heavy atom. The number of nitrogens with zero attached hydrogens (tertiary/aromatic N) is 3. The number of rotatable bonds is 6. The highest BCUT2D eigenvalue weighted by atomic mass is 32.2. The molecule has 0 aliphatic carbocycles. The van der Waals surface area contributed by atoms with Gasteiger partial charge in [-0.15, -0.1) is 10.2 Å². The average molecular weight is 247 g/mol. The standard InChI is InChI=1S/C8H17N5O2S/c1-4-16(14,15)5-6(2)9-7(3)8-10-12-13-11-8/h6-7,9H,4-5H2,1-3H3,(H,10,11,12,13). The maximum atomic E-state index is 11.4. The molecule has 0 radical (unpaired) electrons. The molecule has 0 aromatic carbocycles. The van der Waals surface area contributed by atoms with Crippen LogP contribution in [0.15, 0.2) is 0 Å². The van der Waals surface area contributed by atoms with Gasteiger partial charge in [0.15, 0.2) is 15.7 Å². The molecule has 0 bridgehead atoms. The smallest absolute Gasteiger partial charge is 0.191 e. The van der Waals surface area contributed by atoms with Crippen molar-refractivity contribution in [2.75, 3.05) is 11.5 Å². The SMILES string of the molecule is CCS(=O)(=O)CC(C)NC(C)c1nn[nH]n1. The molecule has 0 saturated carbocycles. The minimum absolute atomic E-state index is 0.117. The van der Waals surface area contributed by atoms with Crippen LogP contribution in [0.4, 0.5) is 0 Å². The zero-order valence-electron chi connectivity index (χ0n) is 9.64. The lowest BCUT2D eigenvalue weighted by atomic mass is 10.3. The lowest BCUT2D eigenvalue weighted by Gasteiger charge is -2.17. The number of H-pyrrole nitrogens is 1. The first kappa shape index (κ1) is 13.0. The van der Waals surface area contributed by atoms with Gasteiger partial charge in [0.2, 0.25) is 0 Å². The van der Waals surface area contributed by atoms with E-state index in [2.05, 4.69) is 25.9 Å². The molecule has 1 rings (SSSR count). The Labute approximate surface area is 94.9 Å². The van der Waals surface area contributed by atoms with Crippen molar-refractivity contribution >= 4 is 9.84 Å². The van der Waals surface area contributed by atoms with E-state index in [1.54, 1.807) is 6.92 Å². The third-order valence-corrected chi connectivity index (χ3v) is 4.11. The summed E-state index contributed by atoms with van der Waals surface area (Å²) < 4.78 is 22.8. The van der Waals surface area contributed by atoms with Crippen LogP contribution in [-0.2, 0) is 9.84 Å². The first-order chi connectivity index (χ1) is 7.44. The number of hydrogen-bond donors (Lipinski definition) is 2. The maximum absolute atomic E-state index is 11.4. The molecule has 1 heterocycles. The van der Waals surface area contributed by atoms with Crippen LogP contribution in [0.2, 0.25) is 0 Å². The number of hydrogen-bond acceptors (Lipinski definition) is 6. The van der Waals surface area contributed by atoms with Gasteiger partial charge in [-0.3, -0.25) is 0 Å². The van der Waals surface area contributed by atoms with Crippen LogP contribution in [0.25, 0.3) is 0 Å². The predicted molar refractivity (Wildman–Crippen MR) is 59.5 cm³/mol. The quantitative estimate of drug-likeness (QED) is 0.714. The summed E-state index contributed by atoms with van der Waals surface area (Å²) in [6, 6.07) is -0.265. The van der Waals surface area contributed by atoms with Gasteiger partial charge in [-0.2, -0.15) is 5.21 Å². The van der Waals surface area contributed by atoms with E-state index in [0.717, 1.165) is 0 Å². The lowest BCUT2D eigenvalue weighted by Crippen LogP contribution is -2.35. The summed E-state index contributed by atoms with van der Waals surface area (Å²) in [6.45, 7) is 5.33. The van der Waals surface area contributed by atoms with Crippen molar-refractivity contribution in [2.24, 2.45) is 0 Å². The molecule has 0 amide bonds. The van der Waals surface area contributed by atoms with Gasteiger partial charge in [-0.05, 0) is 13.8 Å². The molecule has 0 fully saturated rings. The van der Waals surface area contributed by atoms with Gasteiger partial charge in [0, 0.05) is 11.8 Å². The monoisotopic (exact) mass is 247 g/mol. The van der Waals surface area contributed by atoms with Gasteiger partial charge in [0.05, 0.1) is 11.8 Å².